The lowest BCUT2D eigenvalue weighted by molar-refractivity contribution is -0.141. The van der Waals surface area contributed by atoms with Gasteiger partial charge < -0.3 is 20.6 Å². The molecule has 0 aromatic heterocycles. The predicted octanol–water partition coefficient (Wildman–Crippen LogP) is 4.71. The van der Waals surface area contributed by atoms with E-state index in [1.807, 2.05) is 54.6 Å². The van der Waals surface area contributed by atoms with Crippen LogP contribution in [0.15, 0.2) is 79.4 Å². The molecule has 5 atom stereocenters. The second kappa shape index (κ2) is 14.6. The minimum absolute atomic E-state index is 0.130. The first-order valence-electron chi connectivity index (χ1n) is 17.2. The molecule has 2 saturated carbocycles. The van der Waals surface area contributed by atoms with Gasteiger partial charge in [0.15, 0.2) is 0 Å². The van der Waals surface area contributed by atoms with Crippen LogP contribution in [0.2, 0.25) is 0 Å². The number of benzene rings is 2. The van der Waals surface area contributed by atoms with E-state index in [0.717, 1.165) is 36.0 Å². The summed E-state index contributed by atoms with van der Waals surface area (Å²) in [6, 6.07) is 15.9. The van der Waals surface area contributed by atoms with Crippen molar-refractivity contribution in [1.29, 1.82) is 0 Å². The van der Waals surface area contributed by atoms with Crippen molar-refractivity contribution in [3.05, 3.63) is 85.0 Å². The first-order chi connectivity index (χ1) is 24.0. The number of nitrogens with zero attached hydrogens (tertiary/aromatic N) is 1. The maximum Gasteiger partial charge on any atom is 0.405 e. The predicted molar refractivity (Wildman–Crippen MR) is 193 cm³/mol. The zero-order chi connectivity index (χ0) is 35.5. The van der Waals surface area contributed by atoms with E-state index in [2.05, 4.69) is 34.1 Å². The third kappa shape index (κ3) is 7.63. The van der Waals surface area contributed by atoms with Gasteiger partial charge in [0.25, 0.3) is 5.91 Å². The molecule has 2 bridgehead atoms. The van der Waals surface area contributed by atoms with Gasteiger partial charge in [-0.05, 0) is 61.6 Å². The van der Waals surface area contributed by atoms with Crippen LogP contribution in [0.4, 0.5) is 4.79 Å². The van der Waals surface area contributed by atoms with Crippen molar-refractivity contribution in [2.75, 3.05) is 12.3 Å². The summed E-state index contributed by atoms with van der Waals surface area (Å²) in [5.74, 6) is -1.79. The van der Waals surface area contributed by atoms with Crippen LogP contribution in [-0.4, -0.2) is 77.4 Å². The molecule has 0 spiro atoms. The SMILES string of the molecule is C=CC1CC1(NC(=O)[C@@H]1C[C@@]2(c3ccc(-c4ccccc4)cc3)CN1C(=O)[C@@H](NC(=O)O)CCCCC/C=C/CS2)C(=O)NS(=O)(=O)C1CC1. The summed E-state index contributed by atoms with van der Waals surface area (Å²) in [6.07, 6.45) is 9.24. The summed E-state index contributed by atoms with van der Waals surface area (Å²) in [6.45, 7) is 3.92. The van der Waals surface area contributed by atoms with Gasteiger partial charge in [0.1, 0.15) is 17.6 Å². The van der Waals surface area contributed by atoms with Gasteiger partial charge >= 0.3 is 6.09 Å². The smallest absolute Gasteiger partial charge is 0.405 e. The average molecular weight is 721 g/mol. The average Bonchev–Trinajstić information content (AvgIpc) is 4.03. The van der Waals surface area contributed by atoms with Gasteiger partial charge in [-0.2, -0.15) is 0 Å². The van der Waals surface area contributed by atoms with Crippen molar-refractivity contribution < 1.29 is 32.7 Å². The molecule has 2 aliphatic heterocycles. The maximum atomic E-state index is 14.4. The lowest BCUT2D eigenvalue weighted by Gasteiger charge is -2.31. The fourth-order valence-corrected chi connectivity index (χ4v) is 9.86. The zero-order valence-corrected chi connectivity index (χ0v) is 29.5. The van der Waals surface area contributed by atoms with Crippen molar-refractivity contribution >= 4 is 45.6 Å². The normalized spacial score (nSPS) is 29.2. The molecule has 13 heteroatoms. The molecule has 2 heterocycles. The number of amides is 4. The molecule has 4 N–H and O–H groups in total. The second-order valence-corrected chi connectivity index (χ2v) is 17.1. The largest absolute Gasteiger partial charge is 0.465 e. The Labute approximate surface area is 297 Å². The molecule has 266 valence electrons. The fourth-order valence-electron chi connectivity index (χ4n) is 7.14. The highest BCUT2D eigenvalue weighted by Gasteiger charge is 2.62. The summed E-state index contributed by atoms with van der Waals surface area (Å²) in [7, 11) is -3.88. The van der Waals surface area contributed by atoms with Gasteiger partial charge in [-0.1, -0.05) is 85.7 Å². The molecule has 1 saturated heterocycles. The number of sulfonamides is 1. The molecule has 11 nitrogen and oxygen atoms in total. The summed E-state index contributed by atoms with van der Waals surface area (Å²) < 4.78 is 26.8. The van der Waals surface area contributed by atoms with E-state index < -0.39 is 67.4 Å². The number of thioether (sulfide) groups is 1. The number of hydrogen-bond donors (Lipinski definition) is 4. The van der Waals surface area contributed by atoms with Crippen molar-refractivity contribution in [3.8, 4) is 11.1 Å². The van der Waals surface area contributed by atoms with E-state index in [0.29, 0.717) is 25.0 Å². The topological polar surface area (TPSA) is 162 Å². The number of nitrogens with one attached hydrogen (secondary N) is 3. The lowest BCUT2D eigenvalue weighted by Crippen LogP contribution is -2.58. The molecule has 4 aliphatic rings. The number of carbonyl (C=O) groups is 4. The van der Waals surface area contributed by atoms with Crippen molar-refractivity contribution in [3.63, 3.8) is 0 Å². The maximum absolute atomic E-state index is 14.4. The molecule has 2 aliphatic carbocycles. The molecular formula is C37H44N4O7S2. The van der Waals surface area contributed by atoms with Crippen LogP contribution in [0.3, 0.4) is 0 Å². The monoisotopic (exact) mass is 720 g/mol. The van der Waals surface area contributed by atoms with Crippen molar-refractivity contribution in [2.45, 2.75) is 85.4 Å². The van der Waals surface area contributed by atoms with Crippen LogP contribution in [0.5, 0.6) is 0 Å². The van der Waals surface area contributed by atoms with Gasteiger partial charge in [0, 0.05) is 18.2 Å². The Kier molecular flexibility index (Phi) is 10.5. The highest BCUT2D eigenvalue weighted by molar-refractivity contribution is 8.00. The molecule has 6 rings (SSSR count). The van der Waals surface area contributed by atoms with Gasteiger partial charge in [-0.25, -0.2) is 13.2 Å². The summed E-state index contributed by atoms with van der Waals surface area (Å²) in [5.41, 5.74) is 1.46. The van der Waals surface area contributed by atoms with E-state index in [1.54, 1.807) is 11.8 Å². The first kappa shape index (κ1) is 35.7. The van der Waals surface area contributed by atoms with Crippen LogP contribution in [0, 0.1) is 5.92 Å². The highest BCUT2D eigenvalue weighted by Crippen LogP contribution is 2.50. The Morgan fingerprint density at radius 2 is 1.66 bits per heavy atom. The number of allylic oxidation sites excluding steroid dienone is 1. The zero-order valence-electron chi connectivity index (χ0n) is 27.9. The fraction of sp³-hybridized carbons (Fsp3) is 0.459. The van der Waals surface area contributed by atoms with E-state index in [9.17, 15) is 32.7 Å². The first-order valence-corrected chi connectivity index (χ1v) is 19.8. The molecule has 2 unspecified atom stereocenters. The quantitative estimate of drug-likeness (QED) is 0.271. The van der Waals surface area contributed by atoms with Gasteiger partial charge in [-0.3, -0.25) is 19.1 Å². The Balaban J connectivity index is 1.36. The Bertz CT molecular complexity index is 1760. The van der Waals surface area contributed by atoms with E-state index in [1.165, 1.54) is 11.0 Å². The number of carbonyl (C=O) groups excluding carboxylic acids is 3. The van der Waals surface area contributed by atoms with Crippen molar-refractivity contribution in [2.24, 2.45) is 5.92 Å². The third-order valence-corrected chi connectivity index (χ3v) is 13.5. The number of rotatable bonds is 9. The molecule has 4 amide bonds. The van der Waals surface area contributed by atoms with Crippen molar-refractivity contribution in [1.82, 2.24) is 20.3 Å². The molecule has 50 heavy (non-hydrogen) atoms. The van der Waals surface area contributed by atoms with Crippen LogP contribution in [-0.2, 0) is 29.2 Å². The van der Waals surface area contributed by atoms with E-state index in [-0.39, 0.29) is 25.8 Å². The van der Waals surface area contributed by atoms with Gasteiger partial charge in [0.05, 0.1) is 10.00 Å². The minimum Gasteiger partial charge on any atom is -0.465 e. The molecular weight excluding hydrogens is 677 g/mol. The van der Waals surface area contributed by atoms with Crippen LogP contribution >= 0.6 is 11.8 Å². The van der Waals surface area contributed by atoms with Crippen LogP contribution < -0.4 is 15.4 Å². The van der Waals surface area contributed by atoms with Crippen LogP contribution in [0.25, 0.3) is 11.1 Å². The Hall–Kier alpha value is -4.10. The van der Waals surface area contributed by atoms with E-state index >= 15 is 0 Å². The van der Waals surface area contributed by atoms with Gasteiger partial charge in [-0.15, -0.1) is 18.3 Å². The lowest BCUT2D eigenvalue weighted by atomic mass is 9.93. The number of fused-ring (bicyclic) bond motifs is 2. The second-order valence-electron chi connectivity index (χ2n) is 13.7. The minimum atomic E-state index is -3.88. The molecule has 2 aromatic rings. The summed E-state index contributed by atoms with van der Waals surface area (Å²) in [4.78, 5) is 55.6. The highest BCUT2D eigenvalue weighted by atomic mass is 32.2. The Morgan fingerprint density at radius 3 is 2.32 bits per heavy atom. The number of hydrogen-bond acceptors (Lipinski definition) is 7. The number of carboxylic acid groups (broad SMARTS) is 1. The van der Waals surface area contributed by atoms with Crippen LogP contribution in [0.1, 0.15) is 63.4 Å². The van der Waals surface area contributed by atoms with Gasteiger partial charge in [0.2, 0.25) is 21.8 Å². The summed E-state index contributed by atoms with van der Waals surface area (Å²) >= 11 is 1.62. The standard InChI is InChI=1S/C37H44N4O7S2/c1-2-27-22-37(27,34(44)40-50(47,48)29-19-20-29)39-32(42)31-23-36(28-17-15-26(16-18-28)25-12-8-7-9-13-25)24-41(31)33(43)30(38-35(45)46)14-10-5-3-4-6-11-21-49-36/h2,6-9,11-13,15-18,27,29-31,38H,1,3-5,10,14,19-24H2,(H,39,42)(H,40,44)(H,45,46)/b11-6+/t27?,30-,31-,36-,37?/m0/s1. The molecule has 0 radical (unpaired) electrons. The summed E-state index contributed by atoms with van der Waals surface area (Å²) in [5, 5.41) is 14.3. The third-order valence-electron chi connectivity index (χ3n) is 10.3. The Morgan fingerprint density at radius 1 is 0.940 bits per heavy atom. The molecule has 3 fully saturated rings. The van der Waals surface area contributed by atoms with E-state index in [4.69, 9.17) is 0 Å². The molecule has 2 aromatic carbocycles.